The maximum Gasteiger partial charge on any atom is 0.393 e. The SMILES string of the molecule is CCOC(=O)C(OC(C)=O)(OC(C)=O)C(C)(C)C. The summed E-state index contributed by atoms with van der Waals surface area (Å²) in [6.45, 7) is 8.76. The summed E-state index contributed by atoms with van der Waals surface area (Å²) in [5.74, 6) is -4.44. The lowest BCUT2D eigenvalue weighted by atomic mass is 9.85. The van der Waals surface area contributed by atoms with Gasteiger partial charge in [0.2, 0.25) is 0 Å². The predicted octanol–water partition coefficient (Wildman–Crippen LogP) is 1.42. The van der Waals surface area contributed by atoms with Gasteiger partial charge in [-0.05, 0) is 6.92 Å². The number of hydrogen-bond acceptors (Lipinski definition) is 6. The Hall–Kier alpha value is -1.59. The minimum atomic E-state index is -2.07. The molecule has 0 saturated heterocycles. The van der Waals surface area contributed by atoms with Crippen LogP contribution in [0.5, 0.6) is 0 Å². The van der Waals surface area contributed by atoms with Gasteiger partial charge in [-0.15, -0.1) is 0 Å². The van der Waals surface area contributed by atoms with Crippen molar-refractivity contribution in [3.05, 3.63) is 0 Å². The Labute approximate surface area is 107 Å². The number of carbonyl (C=O) groups is 3. The fourth-order valence-electron chi connectivity index (χ4n) is 1.35. The Balaban J connectivity index is 5.61. The summed E-state index contributed by atoms with van der Waals surface area (Å²) in [5.41, 5.74) is -0.962. The van der Waals surface area contributed by atoms with E-state index in [1.54, 1.807) is 27.7 Å². The van der Waals surface area contributed by atoms with Gasteiger partial charge in [-0.3, -0.25) is 9.59 Å². The molecule has 6 heteroatoms. The highest BCUT2D eigenvalue weighted by molar-refractivity contribution is 5.85. The van der Waals surface area contributed by atoms with Gasteiger partial charge in [0.1, 0.15) is 0 Å². The van der Waals surface area contributed by atoms with E-state index >= 15 is 0 Å². The lowest BCUT2D eigenvalue weighted by Crippen LogP contribution is -2.57. The van der Waals surface area contributed by atoms with Crippen molar-refractivity contribution in [1.82, 2.24) is 0 Å². The first kappa shape index (κ1) is 16.4. The number of ether oxygens (including phenoxy) is 3. The maximum absolute atomic E-state index is 12.0. The normalized spacial score (nSPS) is 11.7. The highest BCUT2D eigenvalue weighted by atomic mass is 16.8. The standard InChI is InChI=1S/C12H20O6/c1-7-16-10(15)12(11(4,5)6,17-8(2)13)18-9(3)14/h7H2,1-6H3. The van der Waals surface area contributed by atoms with E-state index in [1.807, 2.05) is 0 Å². The topological polar surface area (TPSA) is 78.9 Å². The van der Waals surface area contributed by atoms with E-state index in [-0.39, 0.29) is 6.61 Å². The van der Waals surface area contributed by atoms with Gasteiger partial charge in [0.25, 0.3) is 0 Å². The average molecular weight is 260 g/mol. The molecule has 6 nitrogen and oxygen atoms in total. The molecule has 0 aromatic heterocycles. The van der Waals surface area contributed by atoms with Crippen molar-refractivity contribution < 1.29 is 28.6 Å². The lowest BCUT2D eigenvalue weighted by molar-refractivity contribution is -0.266. The van der Waals surface area contributed by atoms with Crippen molar-refractivity contribution >= 4 is 17.9 Å². The van der Waals surface area contributed by atoms with E-state index in [1.165, 1.54) is 0 Å². The molecule has 0 spiro atoms. The molecule has 0 saturated carbocycles. The Bertz CT molecular complexity index is 323. The molecule has 0 heterocycles. The summed E-state index contributed by atoms with van der Waals surface area (Å²) in [7, 11) is 0. The van der Waals surface area contributed by atoms with Gasteiger partial charge in [-0.2, -0.15) is 0 Å². The molecule has 0 N–H and O–H groups in total. The van der Waals surface area contributed by atoms with Crippen LogP contribution in [0.1, 0.15) is 41.5 Å². The third-order valence-electron chi connectivity index (χ3n) is 2.11. The van der Waals surface area contributed by atoms with Gasteiger partial charge in [0.15, 0.2) is 0 Å². The second kappa shape index (κ2) is 5.84. The van der Waals surface area contributed by atoms with E-state index in [0.29, 0.717) is 0 Å². The van der Waals surface area contributed by atoms with Crippen LogP contribution in [0.2, 0.25) is 0 Å². The van der Waals surface area contributed by atoms with E-state index in [4.69, 9.17) is 14.2 Å². The van der Waals surface area contributed by atoms with Gasteiger partial charge in [-0.1, -0.05) is 20.8 Å². The van der Waals surface area contributed by atoms with Crippen LogP contribution in [-0.2, 0) is 28.6 Å². The summed E-state index contributed by atoms with van der Waals surface area (Å²) < 4.78 is 14.8. The molecular weight excluding hydrogens is 240 g/mol. The number of rotatable bonds is 4. The lowest BCUT2D eigenvalue weighted by Gasteiger charge is -2.39. The highest BCUT2D eigenvalue weighted by Crippen LogP contribution is 2.36. The fraction of sp³-hybridized carbons (Fsp3) is 0.750. The molecule has 0 aromatic carbocycles. The molecule has 0 bridgehead atoms. The van der Waals surface area contributed by atoms with Gasteiger partial charge in [0, 0.05) is 13.8 Å². The van der Waals surface area contributed by atoms with E-state index in [0.717, 1.165) is 13.8 Å². The van der Waals surface area contributed by atoms with Crippen molar-refractivity contribution in [2.24, 2.45) is 5.41 Å². The predicted molar refractivity (Wildman–Crippen MR) is 62.4 cm³/mol. The summed E-state index contributed by atoms with van der Waals surface area (Å²) in [6, 6.07) is 0. The zero-order valence-corrected chi connectivity index (χ0v) is 11.7. The molecule has 104 valence electrons. The third-order valence-corrected chi connectivity index (χ3v) is 2.11. The molecule has 0 aliphatic carbocycles. The van der Waals surface area contributed by atoms with E-state index < -0.39 is 29.1 Å². The van der Waals surface area contributed by atoms with Crippen molar-refractivity contribution in [3.8, 4) is 0 Å². The molecule has 18 heavy (non-hydrogen) atoms. The van der Waals surface area contributed by atoms with Gasteiger partial charge in [0.05, 0.1) is 12.0 Å². The van der Waals surface area contributed by atoms with Crippen LogP contribution < -0.4 is 0 Å². The second-order valence-electron chi connectivity index (χ2n) is 4.77. The van der Waals surface area contributed by atoms with Gasteiger partial charge < -0.3 is 14.2 Å². The number of esters is 3. The molecule has 0 unspecified atom stereocenters. The molecule has 0 atom stereocenters. The number of carbonyl (C=O) groups excluding carboxylic acids is 3. The van der Waals surface area contributed by atoms with Crippen LogP contribution in [-0.4, -0.2) is 30.3 Å². The molecule has 0 aromatic rings. The van der Waals surface area contributed by atoms with Gasteiger partial charge >= 0.3 is 23.7 Å². The Morgan fingerprint density at radius 3 is 1.56 bits per heavy atom. The molecular formula is C12H20O6. The first-order valence-corrected chi connectivity index (χ1v) is 5.63. The maximum atomic E-state index is 12.0. The Morgan fingerprint density at radius 1 is 0.944 bits per heavy atom. The molecule has 0 fully saturated rings. The average Bonchev–Trinajstić information content (AvgIpc) is 2.13. The minimum Gasteiger partial charge on any atom is -0.460 e. The van der Waals surface area contributed by atoms with Crippen LogP contribution >= 0.6 is 0 Å². The van der Waals surface area contributed by atoms with Crippen LogP contribution in [0.15, 0.2) is 0 Å². The second-order valence-corrected chi connectivity index (χ2v) is 4.77. The van der Waals surface area contributed by atoms with Crippen molar-refractivity contribution in [1.29, 1.82) is 0 Å². The van der Waals surface area contributed by atoms with E-state index in [9.17, 15) is 14.4 Å². The zero-order chi connectivity index (χ0) is 14.6. The van der Waals surface area contributed by atoms with Gasteiger partial charge in [-0.25, -0.2) is 4.79 Å². The molecule has 0 radical (unpaired) electrons. The van der Waals surface area contributed by atoms with Crippen LogP contribution in [0.3, 0.4) is 0 Å². The van der Waals surface area contributed by atoms with Crippen LogP contribution in [0.25, 0.3) is 0 Å². The smallest absolute Gasteiger partial charge is 0.393 e. The fourth-order valence-corrected chi connectivity index (χ4v) is 1.35. The van der Waals surface area contributed by atoms with Crippen molar-refractivity contribution in [2.45, 2.75) is 47.3 Å². The number of hydrogen-bond donors (Lipinski definition) is 0. The zero-order valence-electron chi connectivity index (χ0n) is 11.7. The first-order valence-electron chi connectivity index (χ1n) is 5.63. The minimum absolute atomic E-state index is 0.0825. The summed E-state index contributed by atoms with van der Waals surface area (Å²) >= 11 is 0. The molecule has 0 aliphatic heterocycles. The van der Waals surface area contributed by atoms with E-state index in [2.05, 4.69) is 0 Å². The quantitative estimate of drug-likeness (QED) is 0.562. The van der Waals surface area contributed by atoms with Crippen LogP contribution in [0.4, 0.5) is 0 Å². The van der Waals surface area contributed by atoms with Crippen LogP contribution in [0, 0.1) is 5.41 Å². The molecule has 0 aliphatic rings. The van der Waals surface area contributed by atoms with Crippen molar-refractivity contribution in [3.63, 3.8) is 0 Å². The third kappa shape index (κ3) is 3.72. The summed E-state index contributed by atoms with van der Waals surface area (Å²) in [4.78, 5) is 34.4. The molecule has 0 rings (SSSR count). The summed E-state index contributed by atoms with van der Waals surface area (Å²) in [6.07, 6.45) is 0. The Morgan fingerprint density at radius 2 is 1.33 bits per heavy atom. The largest absolute Gasteiger partial charge is 0.460 e. The highest BCUT2D eigenvalue weighted by Gasteiger charge is 2.57. The molecule has 0 amide bonds. The Kier molecular flexibility index (Phi) is 5.32. The summed E-state index contributed by atoms with van der Waals surface area (Å²) in [5, 5.41) is 0. The monoisotopic (exact) mass is 260 g/mol. The van der Waals surface area contributed by atoms with Crippen molar-refractivity contribution in [2.75, 3.05) is 6.61 Å². The first-order chi connectivity index (χ1) is 8.06.